The Labute approximate surface area is 233 Å². The Hall–Kier alpha value is -2.24. The number of hydrogen-bond acceptors (Lipinski definition) is 7. The van der Waals surface area contributed by atoms with Crippen molar-refractivity contribution in [1.29, 1.82) is 0 Å². The predicted molar refractivity (Wildman–Crippen MR) is 151 cm³/mol. The molecule has 1 unspecified atom stereocenters. The number of thiazole rings is 1. The fraction of sp³-hybridized carbons (Fsp3) is 0.444. The van der Waals surface area contributed by atoms with E-state index in [4.69, 9.17) is 16.3 Å². The molecule has 1 aliphatic rings. The lowest BCUT2D eigenvalue weighted by Crippen LogP contribution is -2.50. The van der Waals surface area contributed by atoms with Gasteiger partial charge in [0, 0.05) is 28.7 Å². The van der Waals surface area contributed by atoms with Gasteiger partial charge in [-0.25, -0.2) is 17.8 Å². The van der Waals surface area contributed by atoms with E-state index in [1.54, 1.807) is 12.5 Å². The van der Waals surface area contributed by atoms with Crippen LogP contribution >= 0.6 is 22.9 Å². The van der Waals surface area contributed by atoms with Crippen LogP contribution in [0.4, 0.5) is 9.52 Å². The Morgan fingerprint density at radius 2 is 2.11 bits per heavy atom. The highest BCUT2D eigenvalue weighted by molar-refractivity contribution is 7.93. The average molecular weight is 581 g/mol. The molecule has 206 valence electrons. The second-order valence-corrected chi connectivity index (χ2v) is 12.6. The van der Waals surface area contributed by atoms with Crippen LogP contribution in [0.5, 0.6) is 5.75 Å². The molecule has 1 saturated heterocycles. The topological polar surface area (TPSA) is 92.3 Å². The smallest absolute Gasteiger partial charge is 0.266 e. The third kappa shape index (κ3) is 7.66. The van der Waals surface area contributed by atoms with Crippen LogP contribution in [0.2, 0.25) is 5.02 Å². The van der Waals surface area contributed by atoms with Gasteiger partial charge in [0.15, 0.2) is 5.13 Å². The Bertz CT molecular complexity index is 1300. The van der Waals surface area contributed by atoms with Gasteiger partial charge in [0.2, 0.25) is 0 Å². The van der Waals surface area contributed by atoms with Gasteiger partial charge in [0.1, 0.15) is 16.5 Å². The molecule has 1 fully saturated rings. The number of methoxy groups -OCH3 is 1. The summed E-state index contributed by atoms with van der Waals surface area (Å²) in [6.45, 7) is 2.82. The first-order valence-electron chi connectivity index (χ1n) is 12.8. The number of anilines is 1. The average Bonchev–Trinajstić information content (AvgIpc) is 3.57. The van der Waals surface area contributed by atoms with Gasteiger partial charge in [-0.2, -0.15) is 0 Å². The fourth-order valence-corrected chi connectivity index (χ4v) is 7.09. The van der Waals surface area contributed by atoms with Gasteiger partial charge in [-0.3, -0.25) is 4.72 Å². The lowest BCUT2D eigenvalue weighted by atomic mass is 9.89. The molecule has 0 amide bonds. The van der Waals surface area contributed by atoms with E-state index < -0.39 is 20.7 Å². The fourth-order valence-electron chi connectivity index (χ4n) is 4.89. The van der Waals surface area contributed by atoms with Gasteiger partial charge in [-0.15, -0.1) is 11.3 Å². The lowest BCUT2D eigenvalue weighted by molar-refractivity contribution is 0.347. The van der Waals surface area contributed by atoms with Crippen molar-refractivity contribution in [2.75, 3.05) is 31.5 Å². The maximum atomic E-state index is 14.7. The van der Waals surface area contributed by atoms with Crippen molar-refractivity contribution in [3.8, 4) is 5.75 Å². The summed E-state index contributed by atoms with van der Waals surface area (Å²) in [5.74, 6) is 0.0627. The highest BCUT2D eigenvalue weighted by Crippen LogP contribution is 2.28. The first kappa shape index (κ1) is 28.8. The molecule has 7 nitrogen and oxygen atoms in total. The minimum atomic E-state index is -4.11. The minimum absolute atomic E-state index is 0.0495. The highest BCUT2D eigenvalue weighted by atomic mass is 35.5. The maximum Gasteiger partial charge on any atom is 0.266 e. The largest absolute Gasteiger partial charge is 0.497 e. The van der Waals surface area contributed by atoms with Crippen LogP contribution in [0.1, 0.15) is 43.2 Å². The summed E-state index contributed by atoms with van der Waals surface area (Å²) >= 11 is 7.44. The number of hydrogen-bond donors (Lipinski definition) is 3. The zero-order chi connectivity index (χ0) is 27.0. The zero-order valence-corrected chi connectivity index (χ0v) is 23.8. The monoisotopic (exact) mass is 580 g/mol. The number of benzene rings is 2. The van der Waals surface area contributed by atoms with E-state index in [2.05, 4.69) is 32.5 Å². The number of aromatic nitrogens is 1. The van der Waals surface area contributed by atoms with Gasteiger partial charge in [0.25, 0.3) is 10.0 Å². The first-order chi connectivity index (χ1) is 18.3. The quantitative estimate of drug-likeness (QED) is 0.221. The predicted octanol–water partition coefficient (Wildman–Crippen LogP) is 5.41. The SMILES string of the molecule is COc1cccc(CC2(CNCCCCCc3cc(F)c(S(=O)(=O)Nc4nccs4)cc3Cl)CCCN2)c1. The van der Waals surface area contributed by atoms with Crippen LogP contribution in [0, 0.1) is 5.82 Å². The molecule has 0 spiro atoms. The van der Waals surface area contributed by atoms with Gasteiger partial charge in [-0.05, 0) is 87.0 Å². The number of nitrogens with zero attached hydrogens (tertiary/aromatic N) is 1. The number of ether oxygens (including phenoxy) is 1. The van der Waals surface area contributed by atoms with E-state index in [1.165, 1.54) is 30.3 Å². The molecule has 1 aromatic heterocycles. The van der Waals surface area contributed by atoms with Crippen molar-refractivity contribution in [3.05, 3.63) is 69.9 Å². The molecular formula is C27H34ClFN4O3S2. The second-order valence-electron chi connectivity index (χ2n) is 9.64. The molecule has 1 aliphatic heterocycles. The number of rotatable bonds is 14. The van der Waals surface area contributed by atoms with E-state index in [0.29, 0.717) is 12.0 Å². The maximum absolute atomic E-state index is 14.7. The van der Waals surface area contributed by atoms with Crippen LogP contribution in [0.3, 0.4) is 0 Å². The number of nitrogens with one attached hydrogen (secondary N) is 3. The molecule has 0 radical (unpaired) electrons. The summed E-state index contributed by atoms with van der Waals surface area (Å²) in [4.78, 5) is 3.40. The summed E-state index contributed by atoms with van der Waals surface area (Å²) in [7, 11) is -2.41. The number of aryl methyl sites for hydroxylation is 1. The molecule has 0 aliphatic carbocycles. The van der Waals surface area contributed by atoms with E-state index in [-0.39, 0.29) is 15.7 Å². The van der Waals surface area contributed by atoms with Crippen LogP contribution in [0.25, 0.3) is 0 Å². The Morgan fingerprint density at radius 3 is 2.84 bits per heavy atom. The Balaban J connectivity index is 1.22. The molecule has 2 aromatic carbocycles. The van der Waals surface area contributed by atoms with Gasteiger partial charge < -0.3 is 15.4 Å². The van der Waals surface area contributed by atoms with Crippen LogP contribution in [0.15, 0.2) is 52.9 Å². The van der Waals surface area contributed by atoms with Crippen LogP contribution in [-0.2, 0) is 22.9 Å². The molecule has 0 bridgehead atoms. The van der Waals surface area contributed by atoms with E-state index in [9.17, 15) is 12.8 Å². The van der Waals surface area contributed by atoms with Crippen molar-refractivity contribution in [2.45, 2.75) is 55.4 Å². The van der Waals surface area contributed by atoms with Crippen molar-refractivity contribution < 1.29 is 17.5 Å². The molecule has 4 rings (SSSR count). The highest BCUT2D eigenvalue weighted by Gasteiger charge is 2.33. The summed E-state index contributed by atoms with van der Waals surface area (Å²) in [5, 5.41) is 9.39. The standard InChI is InChI=1S/C27H34ClFN4O3S2/c1-36-22-9-5-7-20(15-22)18-27(10-6-12-32-27)19-30-11-4-2-3-8-21-16-24(29)25(17-23(21)28)38(34,35)33-26-31-13-14-37-26/h5,7,9,13-17,30,32H,2-4,6,8,10-12,18-19H2,1H3,(H,31,33). The van der Waals surface area contributed by atoms with Crippen molar-refractivity contribution in [3.63, 3.8) is 0 Å². The normalized spacial score (nSPS) is 17.6. The molecule has 11 heteroatoms. The van der Waals surface area contributed by atoms with Gasteiger partial charge >= 0.3 is 0 Å². The van der Waals surface area contributed by atoms with E-state index in [1.807, 2.05) is 12.1 Å². The molecule has 2 heterocycles. The van der Waals surface area contributed by atoms with E-state index >= 15 is 0 Å². The summed E-state index contributed by atoms with van der Waals surface area (Å²) in [6.07, 6.45) is 8.07. The van der Waals surface area contributed by atoms with E-state index in [0.717, 1.165) is 68.8 Å². The molecule has 38 heavy (non-hydrogen) atoms. The van der Waals surface area contributed by atoms with Crippen LogP contribution < -0.4 is 20.1 Å². The number of halogens is 2. The summed E-state index contributed by atoms with van der Waals surface area (Å²) in [5.41, 5.74) is 1.92. The molecule has 0 saturated carbocycles. The molecule has 3 N–H and O–H groups in total. The molecule has 3 aromatic rings. The van der Waals surface area contributed by atoms with Crippen molar-refractivity contribution >= 4 is 38.1 Å². The summed E-state index contributed by atoms with van der Waals surface area (Å²) in [6, 6.07) is 10.7. The third-order valence-electron chi connectivity index (χ3n) is 6.82. The van der Waals surface area contributed by atoms with Gasteiger partial charge in [-0.1, -0.05) is 30.2 Å². The summed E-state index contributed by atoms with van der Waals surface area (Å²) < 4.78 is 47.4. The third-order valence-corrected chi connectivity index (χ3v) is 9.34. The van der Waals surface area contributed by atoms with Crippen molar-refractivity contribution in [2.24, 2.45) is 0 Å². The number of unbranched alkanes of at least 4 members (excludes halogenated alkanes) is 2. The number of sulfonamides is 1. The molecular weight excluding hydrogens is 547 g/mol. The molecule has 1 atom stereocenters. The minimum Gasteiger partial charge on any atom is -0.497 e. The second kappa shape index (κ2) is 13.2. The van der Waals surface area contributed by atoms with Crippen LogP contribution in [-0.4, -0.2) is 45.7 Å². The lowest BCUT2D eigenvalue weighted by Gasteiger charge is -2.30. The Morgan fingerprint density at radius 1 is 1.24 bits per heavy atom. The van der Waals surface area contributed by atoms with Crippen molar-refractivity contribution in [1.82, 2.24) is 15.6 Å². The zero-order valence-electron chi connectivity index (χ0n) is 21.4. The first-order valence-corrected chi connectivity index (χ1v) is 15.5. The van der Waals surface area contributed by atoms with Gasteiger partial charge in [0.05, 0.1) is 7.11 Å². The Kier molecular flexibility index (Phi) is 10.00.